The number of hydrogen-bond donors (Lipinski definition) is 1. The van der Waals surface area contributed by atoms with Crippen LogP contribution < -0.4 is 4.72 Å². The van der Waals surface area contributed by atoms with Gasteiger partial charge in [-0.2, -0.15) is 5.26 Å². The van der Waals surface area contributed by atoms with E-state index >= 15 is 0 Å². The third-order valence-electron chi connectivity index (χ3n) is 3.34. The molecule has 1 N–H and O–H groups in total. The van der Waals surface area contributed by atoms with Crippen molar-refractivity contribution < 1.29 is 13.2 Å². The molecule has 0 aromatic heterocycles. The van der Waals surface area contributed by atoms with Gasteiger partial charge in [0.15, 0.2) is 0 Å². The predicted octanol–water partition coefficient (Wildman–Crippen LogP) is 2.47. The number of nitrogens with one attached hydrogen (secondary N) is 1. The van der Waals surface area contributed by atoms with Crippen LogP contribution >= 0.6 is 0 Å². The molecule has 124 valence electrons. The second-order valence-corrected chi connectivity index (χ2v) is 6.81. The SMILES string of the molecule is CN(CCC#N)C(=O)c1ccc(NS(=O)(=O)c2ccccc2)cc1. The minimum Gasteiger partial charge on any atom is -0.341 e. The van der Waals surface area contributed by atoms with Crippen molar-refractivity contribution in [3.63, 3.8) is 0 Å². The van der Waals surface area contributed by atoms with Crippen LogP contribution in [0.15, 0.2) is 59.5 Å². The topological polar surface area (TPSA) is 90.3 Å². The van der Waals surface area contributed by atoms with Gasteiger partial charge in [-0.1, -0.05) is 18.2 Å². The molecule has 6 nitrogen and oxygen atoms in total. The molecule has 2 aromatic carbocycles. The van der Waals surface area contributed by atoms with Crippen molar-refractivity contribution in [2.75, 3.05) is 18.3 Å². The van der Waals surface area contributed by atoms with Gasteiger partial charge in [-0.05, 0) is 36.4 Å². The molecule has 0 bridgehead atoms. The zero-order chi connectivity index (χ0) is 17.6. The molecule has 0 heterocycles. The number of anilines is 1. The van der Waals surface area contributed by atoms with E-state index in [1.54, 1.807) is 37.4 Å². The monoisotopic (exact) mass is 343 g/mol. The molecule has 2 rings (SSSR count). The van der Waals surface area contributed by atoms with E-state index in [2.05, 4.69) is 4.72 Å². The van der Waals surface area contributed by atoms with Gasteiger partial charge in [-0.15, -0.1) is 0 Å². The number of rotatable bonds is 6. The summed E-state index contributed by atoms with van der Waals surface area (Å²) in [4.78, 5) is 13.8. The molecule has 0 aliphatic rings. The lowest BCUT2D eigenvalue weighted by atomic mass is 10.2. The van der Waals surface area contributed by atoms with Gasteiger partial charge in [0.25, 0.3) is 15.9 Å². The van der Waals surface area contributed by atoms with Gasteiger partial charge in [-0.3, -0.25) is 9.52 Å². The quantitative estimate of drug-likeness (QED) is 0.872. The lowest BCUT2D eigenvalue weighted by molar-refractivity contribution is 0.0798. The summed E-state index contributed by atoms with van der Waals surface area (Å²) in [6, 6.07) is 16.2. The van der Waals surface area contributed by atoms with Crippen LogP contribution in [0.25, 0.3) is 0 Å². The van der Waals surface area contributed by atoms with Gasteiger partial charge in [-0.25, -0.2) is 8.42 Å². The summed E-state index contributed by atoms with van der Waals surface area (Å²) in [5.41, 5.74) is 0.799. The van der Waals surface area contributed by atoms with E-state index in [0.29, 0.717) is 17.8 Å². The molecule has 2 aromatic rings. The lowest BCUT2D eigenvalue weighted by Gasteiger charge is -2.15. The van der Waals surface area contributed by atoms with Crippen molar-refractivity contribution >= 4 is 21.6 Å². The molecule has 1 amide bonds. The fourth-order valence-corrected chi connectivity index (χ4v) is 3.11. The van der Waals surface area contributed by atoms with Crippen molar-refractivity contribution in [3.8, 4) is 6.07 Å². The normalized spacial score (nSPS) is 10.7. The fraction of sp³-hybridized carbons (Fsp3) is 0.176. The summed E-state index contributed by atoms with van der Waals surface area (Å²) in [5.74, 6) is -0.220. The van der Waals surface area contributed by atoms with Crippen LogP contribution in [0.2, 0.25) is 0 Å². The van der Waals surface area contributed by atoms with Crippen LogP contribution in [-0.4, -0.2) is 32.8 Å². The molecular formula is C17H17N3O3S. The number of hydrogen-bond acceptors (Lipinski definition) is 4. The maximum Gasteiger partial charge on any atom is 0.261 e. The van der Waals surface area contributed by atoms with Crippen LogP contribution in [0.5, 0.6) is 0 Å². The zero-order valence-corrected chi connectivity index (χ0v) is 14.0. The minimum atomic E-state index is -3.66. The summed E-state index contributed by atoms with van der Waals surface area (Å²) < 4.78 is 26.9. The van der Waals surface area contributed by atoms with E-state index in [1.807, 2.05) is 6.07 Å². The Labute approximate surface area is 141 Å². The van der Waals surface area contributed by atoms with Gasteiger partial charge in [0.05, 0.1) is 17.4 Å². The molecule has 0 saturated heterocycles. The van der Waals surface area contributed by atoms with Gasteiger partial charge in [0.2, 0.25) is 0 Å². The third kappa shape index (κ3) is 4.33. The smallest absolute Gasteiger partial charge is 0.261 e. The molecule has 0 aliphatic carbocycles. The maximum absolute atomic E-state index is 12.2. The maximum atomic E-state index is 12.2. The van der Waals surface area contributed by atoms with E-state index in [9.17, 15) is 13.2 Å². The standard InChI is InChI=1S/C17H17N3O3S/c1-20(13-5-12-18)17(21)14-8-10-15(11-9-14)19-24(22,23)16-6-3-2-4-7-16/h2-4,6-11,19H,5,13H2,1H3. The Balaban J connectivity index is 2.10. The second-order valence-electron chi connectivity index (χ2n) is 5.13. The molecule has 0 saturated carbocycles. The number of carbonyl (C=O) groups is 1. The van der Waals surface area contributed by atoms with E-state index in [4.69, 9.17) is 5.26 Å². The van der Waals surface area contributed by atoms with E-state index in [-0.39, 0.29) is 17.2 Å². The van der Waals surface area contributed by atoms with E-state index in [0.717, 1.165) is 0 Å². The Hall–Kier alpha value is -2.85. The van der Waals surface area contributed by atoms with Crippen molar-refractivity contribution in [2.24, 2.45) is 0 Å². The summed E-state index contributed by atoms with van der Waals surface area (Å²) in [6.45, 7) is 0.345. The van der Waals surface area contributed by atoms with Crippen molar-refractivity contribution in [3.05, 3.63) is 60.2 Å². The Kier molecular flexibility index (Phi) is 5.55. The highest BCUT2D eigenvalue weighted by Crippen LogP contribution is 2.17. The molecule has 0 radical (unpaired) electrons. The molecule has 0 unspecified atom stereocenters. The van der Waals surface area contributed by atoms with Gasteiger partial charge >= 0.3 is 0 Å². The predicted molar refractivity (Wildman–Crippen MR) is 90.9 cm³/mol. The van der Waals surface area contributed by atoms with Crippen molar-refractivity contribution in [2.45, 2.75) is 11.3 Å². The first kappa shape index (κ1) is 17.5. The highest BCUT2D eigenvalue weighted by Gasteiger charge is 2.15. The Morgan fingerprint density at radius 1 is 1.12 bits per heavy atom. The number of nitriles is 1. The number of amides is 1. The minimum absolute atomic E-state index is 0.168. The molecule has 0 fully saturated rings. The molecule has 0 atom stereocenters. The first-order valence-electron chi connectivity index (χ1n) is 7.24. The summed E-state index contributed by atoms with van der Waals surface area (Å²) in [6.07, 6.45) is 0.261. The lowest BCUT2D eigenvalue weighted by Crippen LogP contribution is -2.27. The highest BCUT2D eigenvalue weighted by molar-refractivity contribution is 7.92. The molecular weight excluding hydrogens is 326 g/mol. The number of carbonyl (C=O) groups excluding carboxylic acids is 1. The second kappa shape index (κ2) is 7.62. The Bertz CT molecular complexity index is 841. The third-order valence-corrected chi connectivity index (χ3v) is 4.74. The van der Waals surface area contributed by atoms with Crippen LogP contribution in [0.3, 0.4) is 0 Å². The van der Waals surface area contributed by atoms with Gasteiger partial charge < -0.3 is 4.90 Å². The van der Waals surface area contributed by atoms with Crippen LogP contribution in [0.1, 0.15) is 16.8 Å². The van der Waals surface area contributed by atoms with Crippen molar-refractivity contribution in [1.82, 2.24) is 4.90 Å². The largest absolute Gasteiger partial charge is 0.341 e. The zero-order valence-electron chi connectivity index (χ0n) is 13.1. The average Bonchev–Trinajstić information content (AvgIpc) is 2.60. The Morgan fingerprint density at radius 2 is 1.75 bits per heavy atom. The molecule has 0 spiro atoms. The Morgan fingerprint density at radius 3 is 2.33 bits per heavy atom. The molecule has 0 aliphatic heterocycles. The molecule has 24 heavy (non-hydrogen) atoms. The van der Waals surface area contributed by atoms with Gasteiger partial charge in [0.1, 0.15) is 0 Å². The first-order valence-corrected chi connectivity index (χ1v) is 8.73. The van der Waals surface area contributed by atoms with Crippen LogP contribution in [0.4, 0.5) is 5.69 Å². The number of nitrogens with zero attached hydrogens (tertiary/aromatic N) is 2. The van der Waals surface area contributed by atoms with E-state index in [1.165, 1.54) is 29.2 Å². The summed E-state index contributed by atoms with van der Waals surface area (Å²) in [5, 5.41) is 8.55. The summed E-state index contributed by atoms with van der Waals surface area (Å²) >= 11 is 0. The van der Waals surface area contributed by atoms with Gasteiger partial charge in [0, 0.05) is 24.8 Å². The van der Waals surface area contributed by atoms with E-state index < -0.39 is 10.0 Å². The van der Waals surface area contributed by atoms with Crippen LogP contribution in [0, 0.1) is 11.3 Å². The fourth-order valence-electron chi connectivity index (χ4n) is 2.03. The summed E-state index contributed by atoms with van der Waals surface area (Å²) in [7, 11) is -2.04. The van der Waals surface area contributed by atoms with Crippen molar-refractivity contribution in [1.29, 1.82) is 5.26 Å². The first-order chi connectivity index (χ1) is 11.4. The van der Waals surface area contributed by atoms with Crippen LogP contribution in [-0.2, 0) is 10.0 Å². The highest BCUT2D eigenvalue weighted by atomic mass is 32.2. The molecule has 7 heteroatoms. The number of sulfonamides is 1. The number of benzene rings is 2. The average molecular weight is 343 g/mol.